The van der Waals surface area contributed by atoms with Gasteiger partial charge < -0.3 is 9.51 Å². The van der Waals surface area contributed by atoms with E-state index in [1.807, 2.05) is 24.9 Å². The molecule has 0 aliphatic heterocycles. The molecule has 0 radical (unpaired) electrons. The summed E-state index contributed by atoms with van der Waals surface area (Å²) in [6, 6.07) is 12.5. The smallest absolute Gasteiger partial charge is 0.137 e. The largest absolute Gasteiger partial charge is 0.378 e. The van der Waals surface area contributed by atoms with Crippen molar-refractivity contribution in [1.82, 2.24) is 14.3 Å². The molecule has 3 rings (SSSR count). The number of fused-ring (bicyclic) bond motifs is 1. The van der Waals surface area contributed by atoms with E-state index < -0.39 is 6.23 Å². The van der Waals surface area contributed by atoms with Crippen LogP contribution in [-0.4, -0.2) is 39.2 Å². The van der Waals surface area contributed by atoms with Gasteiger partial charge in [-0.3, -0.25) is 4.90 Å². The van der Waals surface area contributed by atoms with Crippen molar-refractivity contribution in [3.8, 4) is 11.3 Å². The van der Waals surface area contributed by atoms with Gasteiger partial charge in [-0.15, -0.1) is 0 Å². The highest BCUT2D eigenvalue weighted by Gasteiger charge is 2.19. The molecule has 2 aromatic heterocycles. The molecule has 4 nitrogen and oxygen atoms in total. The number of pyridine rings is 1. The average molecular weight is 323 g/mol. The molecule has 3 aromatic rings. The molecule has 1 unspecified atom stereocenters. The Kier molecular flexibility index (Phi) is 4.69. The lowest BCUT2D eigenvalue weighted by molar-refractivity contribution is 0.0259. The van der Waals surface area contributed by atoms with Gasteiger partial charge in [0.05, 0.1) is 11.4 Å². The summed E-state index contributed by atoms with van der Waals surface area (Å²) in [5.41, 5.74) is 6.40. The third-order valence-electron chi connectivity index (χ3n) is 4.57. The van der Waals surface area contributed by atoms with Gasteiger partial charge in [0, 0.05) is 18.2 Å². The van der Waals surface area contributed by atoms with Crippen molar-refractivity contribution in [2.24, 2.45) is 0 Å². The Morgan fingerprint density at radius 3 is 2.42 bits per heavy atom. The van der Waals surface area contributed by atoms with Gasteiger partial charge in [0.1, 0.15) is 11.9 Å². The molecule has 1 aromatic carbocycles. The summed E-state index contributed by atoms with van der Waals surface area (Å²) < 4.78 is 2.11. The molecule has 0 aliphatic carbocycles. The number of aryl methyl sites for hydroxylation is 2. The number of benzene rings is 1. The summed E-state index contributed by atoms with van der Waals surface area (Å²) in [4.78, 5) is 6.76. The summed E-state index contributed by atoms with van der Waals surface area (Å²) in [5, 5.41) is 10.5. The third-order valence-corrected chi connectivity index (χ3v) is 4.57. The zero-order valence-electron chi connectivity index (χ0n) is 14.8. The quantitative estimate of drug-likeness (QED) is 0.731. The molecule has 0 saturated heterocycles. The van der Waals surface area contributed by atoms with Crippen LogP contribution in [0.4, 0.5) is 0 Å². The maximum atomic E-state index is 10.5. The second-order valence-corrected chi connectivity index (χ2v) is 6.47. The Hall–Kier alpha value is -2.17. The van der Waals surface area contributed by atoms with Crippen LogP contribution in [0.1, 0.15) is 23.7 Å². The predicted octanol–water partition coefficient (Wildman–Crippen LogP) is 3.43. The number of aromatic nitrogens is 2. The highest BCUT2D eigenvalue weighted by Crippen LogP contribution is 2.26. The van der Waals surface area contributed by atoms with E-state index >= 15 is 0 Å². The van der Waals surface area contributed by atoms with E-state index in [1.54, 1.807) is 0 Å². The minimum absolute atomic E-state index is 0.528. The second kappa shape index (κ2) is 6.75. The van der Waals surface area contributed by atoms with Crippen LogP contribution >= 0.6 is 0 Å². The molecule has 0 fully saturated rings. The van der Waals surface area contributed by atoms with Gasteiger partial charge in [-0.05, 0) is 39.1 Å². The number of imidazole rings is 1. The first-order valence-electron chi connectivity index (χ1n) is 8.42. The highest BCUT2D eigenvalue weighted by molar-refractivity contribution is 5.67. The maximum Gasteiger partial charge on any atom is 0.137 e. The molecular formula is C20H25N3O. The lowest BCUT2D eigenvalue weighted by atomic mass is 10.1. The molecule has 0 amide bonds. The van der Waals surface area contributed by atoms with Gasteiger partial charge in [-0.25, -0.2) is 4.98 Å². The Labute approximate surface area is 143 Å². The van der Waals surface area contributed by atoms with Crippen molar-refractivity contribution in [3.05, 3.63) is 59.4 Å². The zero-order chi connectivity index (χ0) is 17.3. The molecule has 1 N–H and O–H groups in total. The first-order chi connectivity index (χ1) is 11.5. The van der Waals surface area contributed by atoms with Gasteiger partial charge in [-0.2, -0.15) is 0 Å². The molecule has 24 heavy (non-hydrogen) atoms. The molecule has 0 bridgehead atoms. The van der Waals surface area contributed by atoms with Gasteiger partial charge >= 0.3 is 0 Å². The lowest BCUT2D eigenvalue weighted by Crippen LogP contribution is -2.33. The molecule has 126 valence electrons. The molecule has 0 spiro atoms. The fourth-order valence-electron chi connectivity index (χ4n) is 2.88. The number of aliphatic hydroxyl groups excluding tert-OH is 1. The number of hydrogen-bond donors (Lipinski definition) is 1. The standard InChI is InChI=1S/C20H25N3O/c1-5-22(4)19(24)12-17-20(16-9-6-14(2)7-10-16)21-18-11-8-15(3)13-23(17)18/h6-11,13,19,24H,5,12H2,1-4H3. The van der Waals surface area contributed by atoms with Crippen LogP contribution in [0.3, 0.4) is 0 Å². The minimum Gasteiger partial charge on any atom is -0.378 e. The molecule has 0 saturated carbocycles. The topological polar surface area (TPSA) is 40.8 Å². The maximum absolute atomic E-state index is 10.5. The summed E-state index contributed by atoms with van der Waals surface area (Å²) in [7, 11) is 1.94. The Balaban J connectivity index is 2.13. The van der Waals surface area contributed by atoms with Crippen molar-refractivity contribution in [1.29, 1.82) is 0 Å². The van der Waals surface area contributed by atoms with Crippen LogP contribution in [0.5, 0.6) is 0 Å². The third kappa shape index (κ3) is 3.21. The van der Waals surface area contributed by atoms with Gasteiger partial charge in [0.15, 0.2) is 0 Å². The molecule has 4 heteroatoms. The highest BCUT2D eigenvalue weighted by atomic mass is 16.3. The molecule has 1 atom stereocenters. The Morgan fingerprint density at radius 2 is 1.75 bits per heavy atom. The monoisotopic (exact) mass is 323 g/mol. The number of rotatable bonds is 5. The summed E-state index contributed by atoms with van der Waals surface area (Å²) >= 11 is 0. The van der Waals surface area contributed by atoms with E-state index in [9.17, 15) is 5.11 Å². The predicted molar refractivity (Wildman–Crippen MR) is 98.1 cm³/mol. The van der Waals surface area contributed by atoms with Crippen LogP contribution in [0.25, 0.3) is 16.9 Å². The summed E-state index contributed by atoms with van der Waals surface area (Å²) in [6.45, 7) is 7.00. The van der Waals surface area contributed by atoms with Gasteiger partial charge in [0.25, 0.3) is 0 Å². The van der Waals surface area contributed by atoms with Crippen LogP contribution in [0, 0.1) is 13.8 Å². The number of nitrogens with zero attached hydrogens (tertiary/aromatic N) is 3. The fraction of sp³-hybridized carbons (Fsp3) is 0.350. The average Bonchev–Trinajstić information content (AvgIpc) is 2.92. The normalized spacial score (nSPS) is 12.9. The molecule has 2 heterocycles. The van der Waals surface area contributed by atoms with E-state index in [2.05, 4.69) is 54.8 Å². The van der Waals surface area contributed by atoms with Crippen LogP contribution in [-0.2, 0) is 6.42 Å². The fourth-order valence-corrected chi connectivity index (χ4v) is 2.88. The van der Waals surface area contributed by atoms with Crippen molar-refractivity contribution in [3.63, 3.8) is 0 Å². The van der Waals surface area contributed by atoms with E-state index in [4.69, 9.17) is 4.98 Å². The van der Waals surface area contributed by atoms with Crippen LogP contribution in [0.2, 0.25) is 0 Å². The minimum atomic E-state index is -0.528. The van der Waals surface area contributed by atoms with E-state index in [0.29, 0.717) is 6.42 Å². The number of hydrogen-bond acceptors (Lipinski definition) is 3. The van der Waals surface area contributed by atoms with E-state index in [-0.39, 0.29) is 0 Å². The number of aliphatic hydroxyl groups is 1. The van der Waals surface area contributed by atoms with Crippen molar-refractivity contribution < 1.29 is 5.11 Å². The second-order valence-electron chi connectivity index (χ2n) is 6.47. The molecule has 0 aliphatic rings. The Morgan fingerprint density at radius 1 is 1.08 bits per heavy atom. The summed E-state index contributed by atoms with van der Waals surface area (Å²) in [5.74, 6) is 0. The van der Waals surface area contributed by atoms with Crippen molar-refractivity contribution >= 4 is 5.65 Å². The van der Waals surface area contributed by atoms with Crippen molar-refractivity contribution in [2.75, 3.05) is 13.6 Å². The zero-order valence-corrected chi connectivity index (χ0v) is 14.8. The number of likely N-dealkylation sites (N-methyl/N-ethyl adjacent to an activating group) is 1. The van der Waals surface area contributed by atoms with Gasteiger partial charge in [0.2, 0.25) is 0 Å². The van der Waals surface area contributed by atoms with Crippen molar-refractivity contribution in [2.45, 2.75) is 33.4 Å². The lowest BCUT2D eigenvalue weighted by Gasteiger charge is -2.22. The first kappa shape index (κ1) is 16.7. The SMILES string of the molecule is CCN(C)C(O)Cc1c(-c2ccc(C)cc2)nc2ccc(C)cn12. The summed E-state index contributed by atoms with van der Waals surface area (Å²) in [6.07, 6.45) is 2.10. The van der Waals surface area contributed by atoms with E-state index in [0.717, 1.165) is 29.1 Å². The van der Waals surface area contributed by atoms with E-state index in [1.165, 1.54) is 11.1 Å². The first-order valence-corrected chi connectivity index (χ1v) is 8.42. The van der Waals surface area contributed by atoms with Gasteiger partial charge in [-0.1, -0.05) is 42.8 Å². The van der Waals surface area contributed by atoms with Crippen LogP contribution in [0.15, 0.2) is 42.6 Å². The van der Waals surface area contributed by atoms with Crippen LogP contribution < -0.4 is 0 Å². The Bertz CT molecular complexity index is 836. The molecular weight excluding hydrogens is 298 g/mol.